The van der Waals surface area contributed by atoms with Crippen molar-refractivity contribution < 1.29 is 23.8 Å². The molecule has 9 nitrogen and oxygen atoms in total. The molecule has 1 aromatic heterocycles. The summed E-state index contributed by atoms with van der Waals surface area (Å²) in [5, 5.41) is 14.1. The molecule has 1 saturated heterocycles. The van der Waals surface area contributed by atoms with Gasteiger partial charge in [-0.2, -0.15) is 5.26 Å². The lowest BCUT2D eigenvalue weighted by molar-refractivity contribution is -0.151. The van der Waals surface area contributed by atoms with Crippen LogP contribution in [0.15, 0.2) is 30.5 Å². The van der Waals surface area contributed by atoms with Gasteiger partial charge in [0.05, 0.1) is 35.6 Å². The van der Waals surface area contributed by atoms with Crippen LogP contribution in [0.3, 0.4) is 0 Å². The number of carbonyl (C=O) groups is 1. The molecule has 1 aliphatic rings. The van der Waals surface area contributed by atoms with Gasteiger partial charge in [0.1, 0.15) is 6.10 Å². The number of benzene rings is 1. The van der Waals surface area contributed by atoms with Gasteiger partial charge < -0.3 is 24.4 Å². The van der Waals surface area contributed by atoms with Crippen LogP contribution >= 0.6 is 11.6 Å². The fourth-order valence-corrected chi connectivity index (χ4v) is 3.39. The average molecular weight is 461 g/mol. The Morgan fingerprint density at radius 2 is 2.06 bits per heavy atom. The minimum Gasteiger partial charge on any atom is -0.490 e. The number of rotatable bonds is 7. The largest absolute Gasteiger partial charge is 0.528 e. The molecular formula is C22H25ClN4O5. The first-order valence-corrected chi connectivity index (χ1v) is 10.6. The average Bonchev–Trinajstić information content (AvgIpc) is 2.76. The first kappa shape index (κ1) is 23.4. The molecule has 10 heteroatoms. The Bertz CT molecular complexity index is 987. The molecule has 1 aromatic carbocycles. The molecule has 0 aliphatic carbocycles. The molecule has 0 radical (unpaired) electrons. The number of nitriles is 1. The van der Waals surface area contributed by atoms with E-state index in [4.69, 9.17) is 35.9 Å². The monoisotopic (exact) mass is 460 g/mol. The van der Waals surface area contributed by atoms with Crippen molar-refractivity contribution in [2.75, 3.05) is 25.5 Å². The number of piperidine rings is 1. The second kappa shape index (κ2) is 10.9. The fourth-order valence-electron chi connectivity index (χ4n) is 3.16. The Labute approximate surface area is 191 Å². The van der Waals surface area contributed by atoms with Gasteiger partial charge in [-0.3, -0.25) is 0 Å². The third kappa shape index (κ3) is 6.15. The van der Waals surface area contributed by atoms with Gasteiger partial charge in [0.2, 0.25) is 5.75 Å². The number of aromatic nitrogens is 1. The molecule has 2 heterocycles. The molecule has 0 amide bonds. The third-order valence-electron chi connectivity index (χ3n) is 4.65. The van der Waals surface area contributed by atoms with Crippen molar-refractivity contribution in [3.63, 3.8) is 0 Å². The van der Waals surface area contributed by atoms with Crippen molar-refractivity contribution >= 4 is 29.3 Å². The van der Waals surface area contributed by atoms with Crippen LogP contribution in [-0.4, -0.2) is 48.6 Å². The first-order chi connectivity index (χ1) is 15.4. The van der Waals surface area contributed by atoms with E-state index in [9.17, 15) is 4.79 Å². The molecule has 1 N–H and O–H groups in total. The molecule has 1 fully saturated rings. The van der Waals surface area contributed by atoms with Crippen LogP contribution in [0.4, 0.5) is 16.3 Å². The van der Waals surface area contributed by atoms with Crippen LogP contribution in [0.2, 0.25) is 5.02 Å². The summed E-state index contributed by atoms with van der Waals surface area (Å²) in [5.41, 5.74) is 1.05. The Balaban J connectivity index is 1.63. The highest BCUT2D eigenvalue weighted by atomic mass is 35.5. The lowest BCUT2D eigenvalue weighted by atomic mass is 10.1. The predicted octanol–water partition coefficient (Wildman–Crippen LogP) is 4.68. The highest BCUT2D eigenvalue weighted by Crippen LogP contribution is 2.37. The summed E-state index contributed by atoms with van der Waals surface area (Å²) in [4.78, 5) is 21.2. The number of ether oxygens (including phenoxy) is 3. The third-order valence-corrected chi connectivity index (χ3v) is 4.97. The van der Waals surface area contributed by atoms with Crippen LogP contribution in [-0.2, 0) is 9.57 Å². The smallest absolute Gasteiger partial charge is 0.490 e. The molecule has 170 valence electrons. The van der Waals surface area contributed by atoms with E-state index in [0.29, 0.717) is 59.5 Å². The van der Waals surface area contributed by atoms with E-state index in [0.717, 1.165) is 0 Å². The minimum absolute atomic E-state index is 0.0846. The summed E-state index contributed by atoms with van der Waals surface area (Å²) < 4.78 is 16.7. The SMILES string of the molecule is COc1c(OC2CCN(OC(=O)OC(C)C)CC2)ccnc1Nc1ccc(C#N)cc1Cl. The number of hydroxylamine groups is 2. The maximum absolute atomic E-state index is 11.7. The molecule has 2 aromatic rings. The van der Waals surface area contributed by atoms with Crippen LogP contribution in [0.5, 0.6) is 11.5 Å². The molecule has 32 heavy (non-hydrogen) atoms. The quantitative estimate of drug-likeness (QED) is 0.589. The van der Waals surface area contributed by atoms with Crippen LogP contribution in [0.25, 0.3) is 0 Å². The Morgan fingerprint density at radius 3 is 2.69 bits per heavy atom. The molecule has 3 rings (SSSR count). The second-order valence-electron chi connectivity index (χ2n) is 7.38. The van der Waals surface area contributed by atoms with Crippen LogP contribution < -0.4 is 14.8 Å². The Morgan fingerprint density at radius 1 is 1.31 bits per heavy atom. The molecule has 0 saturated carbocycles. The van der Waals surface area contributed by atoms with Gasteiger partial charge in [0, 0.05) is 38.2 Å². The van der Waals surface area contributed by atoms with Gasteiger partial charge in [0.25, 0.3) is 0 Å². The van der Waals surface area contributed by atoms with Crippen LogP contribution in [0, 0.1) is 11.3 Å². The van der Waals surface area contributed by atoms with Crippen molar-refractivity contribution in [2.24, 2.45) is 0 Å². The number of carbonyl (C=O) groups excluding carboxylic acids is 1. The number of nitrogens with zero attached hydrogens (tertiary/aromatic N) is 3. The highest BCUT2D eigenvalue weighted by molar-refractivity contribution is 6.33. The summed E-state index contributed by atoms with van der Waals surface area (Å²) >= 11 is 6.26. The van der Waals surface area contributed by atoms with Gasteiger partial charge >= 0.3 is 6.16 Å². The van der Waals surface area contributed by atoms with Crippen molar-refractivity contribution in [2.45, 2.75) is 38.9 Å². The first-order valence-electron chi connectivity index (χ1n) is 10.2. The summed E-state index contributed by atoms with van der Waals surface area (Å²) in [5.74, 6) is 1.41. The summed E-state index contributed by atoms with van der Waals surface area (Å²) in [6.45, 7) is 4.58. The lowest BCUT2D eigenvalue weighted by Crippen LogP contribution is -2.39. The molecule has 0 atom stereocenters. The zero-order valence-corrected chi connectivity index (χ0v) is 18.9. The normalized spacial score (nSPS) is 14.5. The van der Waals surface area contributed by atoms with E-state index in [1.165, 1.54) is 7.11 Å². The van der Waals surface area contributed by atoms with E-state index < -0.39 is 6.16 Å². The second-order valence-corrected chi connectivity index (χ2v) is 7.78. The maximum atomic E-state index is 11.7. The topological polar surface area (TPSA) is 106 Å². The van der Waals surface area contributed by atoms with E-state index >= 15 is 0 Å². The van der Waals surface area contributed by atoms with Gasteiger partial charge in [-0.15, -0.1) is 5.06 Å². The Kier molecular flexibility index (Phi) is 7.98. The number of hydrogen-bond acceptors (Lipinski definition) is 9. The van der Waals surface area contributed by atoms with Gasteiger partial charge in [-0.25, -0.2) is 9.78 Å². The van der Waals surface area contributed by atoms with Crippen LogP contribution in [0.1, 0.15) is 32.3 Å². The van der Waals surface area contributed by atoms with Crippen molar-refractivity contribution in [1.29, 1.82) is 5.26 Å². The molecule has 1 aliphatic heterocycles. The van der Waals surface area contributed by atoms with Crippen molar-refractivity contribution in [3.8, 4) is 17.6 Å². The summed E-state index contributed by atoms with van der Waals surface area (Å²) in [7, 11) is 1.53. The van der Waals surface area contributed by atoms with E-state index in [1.807, 2.05) is 6.07 Å². The standard InChI is InChI=1S/C22H25ClN4O5/c1-14(2)30-22(28)32-27-10-7-16(8-11-27)31-19-6-9-25-21(20(19)29-3)26-18-5-4-15(13-24)12-17(18)23/h4-6,9,12,14,16H,7-8,10-11H2,1-3H3,(H,25,26). The molecule has 0 bridgehead atoms. The maximum Gasteiger partial charge on any atom is 0.528 e. The number of halogens is 1. The molecule has 0 spiro atoms. The molecular weight excluding hydrogens is 436 g/mol. The number of methoxy groups -OCH3 is 1. The van der Waals surface area contributed by atoms with E-state index in [1.54, 1.807) is 49.4 Å². The number of pyridine rings is 1. The summed E-state index contributed by atoms with van der Waals surface area (Å²) in [6, 6.07) is 8.71. The van der Waals surface area contributed by atoms with Gasteiger partial charge in [-0.1, -0.05) is 11.6 Å². The Hall–Kier alpha value is -3.22. The number of hydrogen-bond donors (Lipinski definition) is 1. The minimum atomic E-state index is -0.702. The highest BCUT2D eigenvalue weighted by Gasteiger charge is 2.25. The van der Waals surface area contributed by atoms with E-state index in [-0.39, 0.29) is 12.2 Å². The molecule has 0 unspecified atom stereocenters. The van der Waals surface area contributed by atoms with Crippen molar-refractivity contribution in [3.05, 3.63) is 41.0 Å². The lowest BCUT2D eigenvalue weighted by Gasteiger charge is -2.30. The number of nitrogens with one attached hydrogen (secondary N) is 1. The zero-order chi connectivity index (χ0) is 23.1. The predicted molar refractivity (Wildman–Crippen MR) is 118 cm³/mol. The van der Waals surface area contributed by atoms with Gasteiger partial charge in [0.15, 0.2) is 11.6 Å². The van der Waals surface area contributed by atoms with Gasteiger partial charge in [-0.05, 0) is 32.0 Å². The number of anilines is 2. The van der Waals surface area contributed by atoms with E-state index in [2.05, 4.69) is 10.3 Å². The van der Waals surface area contributed by atoms with Crippen molar-refractivity contribution in [1.82, 2.24) is 10.0 Å². The zero-order valence-electron chi connectivity index (χ0n) is 18.1. The fraction of sp³-hybridized carbons (Fsp3) is 0.409. The summed E-state index contributed by atoms with van der Waals surface area (Å²) in [6.07, 6.45) is 1.91.